The van der Waals surface area contributed by atoms with Crippen LogP contribution in [0.2, 0.25) is 0 Å². The van der Waals surface area contributed by atoms with E-state index in [1.54, 1.807) is 0 Å². The summed E-state index contributed by atoms with van der Waals surface area (Å²) in [7, 11) is -10.0. The first-order valence-corrected chi connectivity index (χ1v) is 44.7. The average Bonchev–Trinajstić information content (AvgIpc) is 0.907. The summed E-state index contributed by atoms with van der Waals surface area (Å²) >= 11 is 0. The van der Waals surface area contributed by atoms with E-state index < -0.39 is 97.5 Å². The molecule has 616 valence electrons. The van der Waals surface area contributed by atoms with Crippen LogP contribution in [-0.2, 0) is 65.4 Å². The number of rotatable bonds is 77. The highest BCUT2D eigenvalue weighted by Crippen LogP contribution is 2.45. The minimum Gasteiger partial charge on any atom is -0.462 e. The van der Waals surface area contributed by atoms with Crippen LogP contribution in [0, 0.1) is 0 Å². The molecule has 108 heavy (non-hydrogen) atoms. The van der Waals surface area contributed by atoms with Gasteiger partial charge in [0.1, 0.15) is 19.3 Å². The van der Waals surface area contributed by atoms with Crippen molar-refractivity contribution >= 4 is 39.5 Å². The summed E-state index contributed by atoms with van der Waals surface area (Å²) in [4.78, 5) is 73.1. The number of phosphoric ester groups is 2. The molecule has 2 unspecified atom stereocenters. The fraction of sp³-hybridized carbons (Fsp3) is 0.663. The zero-order valence-electron chi connectivity index (χ0n) is 67.5. The van der Waals surface area contributed by atoms with Crippen molar-refractivity contribution in [3.8, 4) is 0 Å². The molecule has 0 spiro atoms. The zero-order chi connectivity index (χ0) is 78.9. The van der Waals surface area contributed by atoms with E-state index in [1.807, 2.05) is 18.2 Å². The van der Waals surface area contributed by atoms with Gasteiger partial charge in [0.05, 0.1) is 26.4 Å². The Morgan fingerprint density at radius 1 is 0.269 bits per heavy atom. The number of phosphoric acid groups is 2. The van der Waals surface area contributed by atoms with Gasteiger partial charge in [0.15, 0.2) is 12.2 Å². The van der Waals surface area contributed by atoms with Gasteiger partial charge in [0.25, 0.3) is 0 Å². The Labute approximate surface area is 655 Å². The second-order valence-electron chi connectivity index (χ2n) is 27.3. The minimum absolute atomic E-state index is 0.0359. The predicted molar refractivity (Wildman–Crippen MR) is 445 cm³/mol. The molecule has 0 aliphatic heterocycles. The highest BCUT2D eigenvalue weighted by atomic mass is 31.2. The van der Waals surface area contributed by atoms with Crippen molar-refractivity contribution in [3.05, 3.63) is 158 Å². The quantitative estimate of drug-likeness (QED) is 0.0169. The summed E-state index contributed by atoms with van der Waals surface area (Å²) in [6.45, 7) is 4.51. The molecule has 0 saturated heterocycles. The van der Waals surface area contributed by atoms with Crippen LogP contribution in [0.15, 0.2) is 158 Å². The third-order valence-electron chi connectivity index (χ3n) is 17.0. The molecule has 0 aromatic carbocycles. The number of allylic oxidation sites excluding steroid dienone is 26. The monoisotopic (exact) mass is 1550 g/mol. The molecule has 5 atom stereocenters. The maximum absolute atomic E-state index is 13.1. The summed E-state index contributed by atoms with van der Waals surface area (Å²) in [6.07, 6.45) is 93.7. The summed E-state index contributed by atoms with van der Waals surface area (Å²) in [6, 6.07) is 0. The number of aliphatic hydroxyl groups is 1. The third kappa shape index (κ3) is 78.8. The smallest absolute Gasteiger partial charge is 0.462 e. The molecule has 0 radical (unpaired) electrons. The van der Waals surface area contributed by atoms with Gasteiger partial charge in [-0.1, -0.05) is 295 Å². The number of carbonyl (C=O) groups is 4. The van der Waals surface area contributed by atoms with Crippen molar-refractivity contribution in [1.29, 1.82) is 0 Å². The van der Waals surface area contributed by atoms with E-state index in [-0.39, 0.29) is 25.7 Å². The maximum Gasteiger partial charge on any atom is 0.472 e. The first kappa shape index (κ1) is 103. The molecule has 0 saturated carbocycles. The number of carbonyl (C=O) groups excluding carboxylic acids is 4. The molecule has 0 aromatic rings. The topological polar surface area (TPSA) is 237 Å². The fourth-order valence-electron chi connectivity index (χ4n) is 10.7. The Hall–Kier alpha value is -5.32. The lowest BCUT2D eigenvalue weighted by molar-refractivity contribution is -0.161. The van der Waals surface area contributed by atoms with E-state index in [0.717, 1.165) is 173 Å². The summed E-state index contributed by atoms with van der Waals surface area (Å²) in [5.74, 6) is -2.33. The Morgan fingerprint density at radius 2 is 0.500 bits per heavy atom. The standard InChI is InChI=1S/C89H148O17P2/c1-5-9-13-17-21-25-29-33-37-39-41-43-47-51-55-59-63-67-71-75-88(93)105-84(79-99-86(91)73-69-65-61-57-53-49-45-35-31-27-23-19-15-11-7-3)81-103-107(95,96)101-77-83(90)78-102-108(97,98)104-82-85(80-100-87(92)74-70-66-62-58-54-50-46-36-32-28-24-20-16-12-8-4)106-89(94)76-72-68-64-60-56-52-48-44-42-40-38-34-30-26-22-18-14-10-6-2/h9-10,13-14,21-22,25-27,31,33-34,36-38,41-44,46,51-52,55-56,63,67,83-85,90H,5-8,11-12,15-20,23-24,28-30,32,35,39-40,45,47-50,53-54,57-62,64-66,68-82H2,1-4H3,(H,95,96)(H,97,98)/b13-9-,14-10-,25-21-,26-22-,31-27-,37-33-,38-34-,43-41-,44-42-,46-36-,55-51-,56-52-,67-63-/t83-,84+,85+/m0/s1. The summed E-state index contributed by atoms with van der Waals surface area (Å²) in [5, 5.41) is 10.7. The van der Waals surface area contributed by atoms with Crippen LogP contribution in [0.4, 0.5) is 0 Å². The normalized spacial score (nSPS) is 14.6. The predicted octanol–water partition coefficient (Wildman–Crippen LogP) is 24.8. The number of hydrogen-bond donors (Lipinski definition) is 3. The van der Waals surface area contributed by atoms with Gasteiger partial charge in [-0.2, -0.15) is 0 Å². The molecule has 0 bridgehead atoms. The van der Waals surface area contributed by atoms with E-state index >= 15 is 0 Å². The number of ether oxygens (including phenoxy) is 4. The van der Waals surface area contributed by atoms with Crippen LogP contribution >= 0.6 is 15.6 Å². The molecule has 0 amide bonds. The van der Waals surface area contributed by atoms with Crippen molar-refractivity contribution in [2.75, 3.05) is 39.6 Å². The van der Waals surface area contributed by atoms with Crippen LogP contribution < -0.4 is 0 Å². The molecule has 0 aliphatic carbocycles. The van der Waals surface area contributed by atoms with Crippen molar-refractivity contribution in [3.63, 3.8) is 0 Å². The Balaban J connectivity index is 5.50. The number of hydrogen-bond acceptors (Lipinski definition) is 15. The summed E-state index contributed by atoms with van der Waals surface area (Å²) < 4.78 is 68.6. The van der Waals surface area contributed by atoms with Gasteiger partial charge in [0.2, 0.25) is 0 Å². The molecule has 0 fully saturated rings. The van der Waals surface area contributed by atoms with Crippen LogP contribution in [-0.4, -0.2) is 96.7 Å². The van der Waals surface area contributed by atoms with Gasteiger partial charge in [-0.25, -0.2) is 9.13 Å². The SMILES string of the molecule is CC/C=C\C/C=C\C/C=C\C/C=C\C/C=C\C/C=C\CCC(=O)O[C@H](COC(=O)CCCCCCCCC/C=C\CCCCCC)COP(=O)(O)OC[C@H](O)COP(=O)(O)OC[C@@H](COC(=O)CCCCCCC/C=C\CCCCCCCC)OC(=O)CCCCC/C=C\C/C=C\C/C=C\C/C=C\C/C=C\CC. The number of esters is 4. The number of unbranched alkanes of at least 4 members (excludes halogenated alkanes) is 25. The Morgan fingerprint density at radius 3 is 0.824 bits per heavy atom. The molecule has 0 heterocycles. The lowest BCUT2D eigenvalue weighted by Crippen LogP contribution is -2.30. The molecule has 19 heteroatoms. The molecular weight excluding hydrogens is 1400 g/mol. The highest BCUT2D eigenvalue weighted by Gasteiger charge is 2.30. The Bertz CT molecular complexity index is 2660. The zero-order valence-corrected chi connectivity index (χ0v) is 69.3. The van der Waals surface area contributed by atoms with Crippen LogP contribution in [0.1, 0.15) is 323 Å². The van der Waals surface area contributed by atoms with E-state index in [1.165, 1.54) is 64.2 Å². The van der Waals surface area contributed by atoms with Gasteiger partial charge in [-0.15, -0.1) is 0 Å². The van der Waals surface area contributed by atoms with Gasteiger partial charge < -0.3 is 33.8 Å². The second-order valence-corrected chi connectivity index (χ2v) is 30.2. The first-order valence-electron chi connectivity index (χ1n) is 41.7. The molecule has 0 rings (SSSR count). The lowest BCUT2D eigenvalue weighted by Gasteiger charge is -2.21. The number of aliphatic hydroxyl groups excluding tert-OH is 1. The van der Waals surface area contributed by atoms with Gasteiger partial charge in [-0.05, 0) is 161 Å². The molecule has 0 aliphatic rings. The third-order valence-corrected chi connectivity index (χ3v) is 18.9. The van der Waals surface area contributed by atoms with Crippen LogP contribution in [0.5, 0.6) is 0 Å². The van der Waals surface area contributed by atoms with Gasteiger partial charge in [-0.3, -0.25) is 37.3 Å². The van der Waals surface area contributed by atoms with E-state index in [9.17, 15) is 43.2 Å². The van der Waals surface area contributed by atoms with Crippen LogP contribution in [0.25, 0.3) is 0 Å². The molecular formula is C89H148O17P2. The van der Waals surface area contributed by atoms with Crippen molar-refractivity contribution in [2.24, 2.45) is 0 Å². The van der Waals surface area contributed by atoms with Crippen molar-refractivity contribution in [1.82, 2.24) is 0 Å². The average molecular weight is 1550 g/mol. The van der Waals surface area contributed by atoms with E-state index in [4.69, 9.17) is 37.0 Å². The van der Waals surface area contributed by atoms with E-state index in [0.29, 0.717) is 32.1 Å². The maximum atomic E-state index is 13.1. The lowest BCUT2D eigenvalue weighted by atomic mass is 10.1. The van der Waals surface area contributed by atoms with Gasteiger partial charge in [0, 0.05) is 25.7 Å². The fourth-order valence-corrected chi connectivity index (χ4v) is 12.3. The summed E-state index contributed by atoms with van der Waals surface area (Å²) in [5.41, 5.74) is 0. The van der Waals surface area contributed by atoms with E-state index in [2.05, 4.69) is 167 Å². The molecule has 3 N–H and O–H groups in total. The van der Waals surface area contributed by atoms with Crippen molar-refractivity contribution < 1.29 is 80.2 Å². The molecule has 0 aromatic heterocycles. The highest BCUT2D eigenvalue weighted by molar-refractivity contribution is 7.47. The second kappa shape index (κ2) is 79.8. The van der Waals surface area contributed by atoms with Crippen molar-refractivity contribution in [2.45, 2.75) is 341 Å². The largest absolute Gasteiger partial charge is 0.472 e. The Kier molecular flexibility index (Phi) is 75.8. The molecule has 17 nitrogen and oxygen atoms in total. The van der Waals surface area contributed by atoms with Crippen LogP contribution in [0.3, 0.4) is 0 Å². The van der Waals surface area contributed by atoms with Gasteiger partial charge >= 0.3 is 39.5 Å². The minimum atomic E-state index is -5.01. The first-order chi connectivity index (χ1) is 52.7.